The van der Waals surface area contributed by atoms with Crippen LogP contribution in [0.15, 0.2) is 48.5 Å². The number of nitrogens with one attached hydrogen (secondary N) is 1. The molecule has 0 radical (unpaired) electrons. The standard InChI is InChI=1S/C19H22FNO.ClH/c20-18-11-5-1-8-16(18)14-22-19-12-6-2-7-15(19)13-21-17-9-3-4-10-17;/h1-2,5-8,11-12,17,21H,3-4,9-10,13-14H2;1H. The molecule has 2 nitrogen and oxygen atoms in total. The minimum atomic E-state index is -0.218. The SMILES string of the molecule is Cl.Fc1ccccc1COc1ccccc1CNC1CCCC1. The lowest BCUT2D eigenvalue weighted by atomic mass is 10.1. The molecule has 124 valence electrons. The Morgan fingerprint density at radius 1 is 0.957 bits per heavy atom. The second-order valence-electron chi connectivity index (χ2n) is 5.85. The summed E-state index contributed by atoms with van der Waals surface area (Å²) in [5, 5.41) is 3.59. The van der Waals surface area contributed by atoms with Gasteiger partial charge < -0.3 is 10.1 Å². The maximum atomic E-state index is 13.7. The van der Waals surface area contributed by atoms with Gasteiger partial charge in [-0.05, 0) is 25.0 Å². The van der Waals surface area contributed by atoms with Gasteiger partial charge in [-0.2, -0.15) is 0 Å². The Labute approximate surface area is 143 Å². The van der Waals surface area contributed by atoms with E-state index in [0.29, 0.717) is 11.6 Å². The Bertz CT molecular complexity index is 614. The van der Waals surface area contributed by atoms with Crippen LogP contribution in [0.5, 0.6) is 5.75 Å². The molecule has 0 spiro atoms. The molecule has 1 aliphatic rings. The molecule has 0 heterocycles. The first-order chi connectivity index (χ1) is 10.8. The van der Waals surface area contributed by atoms with Crippen molar-refractivity contribution in [1.82, 2.24) is 5.32 Å². The summed E-state index contributed by atoms with van der Waals surface area (Å²) in [4.78, 5) is 0. The van der Waals surface area contributed by atoms with Gasteiger partial charge in [0.25, 0.3) is 0 Å². The number of hydrogen-bond acceptors (Lipinski definition) is 2. The third kappa shape index (κ3) is 4.95. The Morgan fingerprint density at radius 2 is 1.61 bits per heavy atom. The summed E-state index contributed by atoms with van der Waals surface area (Å²) in [6.07, 6.45) is 5.17. The first kappa shape index (κ1) is 17.8. The Hall–Kier alpha value is -1.58. The van der Waals surface area contributed by atoms with Gasteiger partial charge in [0.15, 0.2) is 0 Å². The van der Waals surface area contributed by atoms with Crippen LogP contribution in [0.4, 0.5) is 4.39 Å². The second-order valence-corrected chi connectivity index (χ2v) is 5.85. The fraction of sp³-hybridized carbons (Fsp3) is 0.368. The molecular weight excluding hydrogens is 313 g/mol. The van der Waals surface area contributed by atoms with Crippen molar-refractivity contribution < 1.29 is 9.13 Å². The van der Waals surface area contributed by atoms with Crippen molar-refractivity contribution in [3.63, 3.8) is 0 Å². The van der Waals surface area contributed by atoms with Crippen molar-refractivity contribution in [2.24, 2.45) is 0 Å². The molecule has 0 bridgehead atoms. The number of rotatable bonds is 6. The monoisotopic (exact) mass is 335 g/mol. The minimum absolute atomic E-state index is 0. The minimum Gasteiger partial charge on any atom is -0.488 e. The number of hydrogen-bond donors (Lipinski definition) is 1. The molecule has 0 aromatic heterocycles. The van der Waals surface area contributed by atoms with Crippen LogP contribution in [0.2, 0.25) is 0 Å². The molecule has 0 unspecified atom stereocenters. The van der Waals surface area contributed by atoms with Crippen molar-refractivity contribution in [3.05, 3.63) is 65.5 Å². The van der Waals surface area contributed by atoms with Crippen molar-refractivity contribution >= 4 is 12.4 Å². The number of benzene rings is 2. The summed E-state index contributed by atoms with van der Waals surface area (Å²) in [6, 6.07) is 15.4. The molecule has 0 saturated heterocycles. The Morgan fingerprint density at radius 3 is 2.35 bits per heavy atom. The van der Waals surface area contributed by atoms with Gasteiger partial charge in [-0.25, -0.2) is 4.39 Å². The molecule has 23 heavy (non-hydrogen) atoms. The molecule has 0 aliphatic heterocycles. The van der Waals surface area contributed by atoms with E-state index in [-0.39, 0.29) is 24.8 Å². The van der Waals surface area contributed by atoms with E-state index in [2.05, 4.69) is 11.4 Å². The number of halogens is 2. The van der Waals surface area contributed by atoms with E-state index in [1.54, 1.807) is 12.1 Å². The quantitative estimate of drug-likeness (QED) is 0.814. The summed E-state index contributed by atoms with van der Waals surface area (Å²) in [5.74, 6) is 0.611. The van der Waals surface area contributed by atoms with E-state index in [9.17, 15) is 4.39 Å². The zero-order chi connectivity index (χ0) is 15.2. The zero-order valence-corrected chi connectivity index (χ0v) is 13.9. The number of para-hydroxylation sites is 1. The normalized spacial score (nSPS) is 14.5. The van der Waals surface area contributed by atoms with Crippen molar-refractivity contribution in [2.75, 3.05) is 0 Å². The average molecular weight is 336 g/mol. The maximum absolute atomic E-state index is 13.7. The Kier molecular flexibility index (Phi) is 6.87. The van der Waals surface area contributed by atoms with Crippen molar-refractivity contribution in [2.45, 2.75) is 44.9 Å². The van der Waals surface area contributed by atoms with Crippen molar-refractivity contribution in [1.29, 1.82) is 0 Å². The topological polar surface area (TPSA) is 21.3 Å². The van der Waals surface area contributed by atoms with Gasteiger partial charge in [-0.1, -0.05) is 49.2 Å². The van der Waals surface area contributed by atoms with E-state index in [0.717, 1.165) is 17.9 Å². The third-order valence-electron chi connectivity index (χ3n) is 4.25. The first-order valence-corrected chi connectivity index (χ1v) is 8.00. The largest absolute Gasteiger partial charge is 0.488 e. The lowest BCUT2D eigenvalue weighted by molar-refractivity contribution is 0.295. The number of ether oxygens (including phenoxy) is 1. The highest BCUT2D eigenvalue weighted by molar-refractivity contribution is 5.85. The second kappa shape index (κ2) is 8.90. The average Bonchev–Trinajstić information content (AvgIpc) is 3.06. The van der Waals surface area contributed by atoms with Crippen LogP contribution >= 0.6 is 12.4 Å². The van der Waals surface area contributed by atoms with Crippen molar-refractivity contribution in [3.8, 4) is 5.75 Å². The van der Waals surface area contributed by atoms with E-state index in [4.69, 9.17) is 4.74 Å². The highest BCUT2D eigenvalue weighted by Crippen LogP contribution is 2.22. The predicted octanol–water partition coefficient (Wildman–Crippen LogP) is 4.86. The van der Waals surface area contributed by atoms with Crippen LogP contribution in [0.3, 0.4) is 0 Å². The summed E-state index contributed by atoms with van der Waals surface area (Å²) >= 11 is 0. The lowest BCUT2D eigenvalue weighted by Gasteiger charge is -2.15. The maximum Gasteiger partial charge on any atom is 0.129 e. The van der Waals surface area contributed by atoms with E-state index >= 15 is 0 Å². The van der Waals surface area contributed by atoms with Gasteiger partial charge >= 0.3 is 0 Å². The van der Waals surface area contributed by atoms with Crippen LogP contribution in [0, 0.1) is 5.82 Å². The molecule has 1 saturated carbocycles. The first-order valence-electron chi connectivity index (χ1n) is 8.00. The third-order valence-corrected chi connectivity index (χ3v) is 4.25. The van der Waals surface area contributed by atoms with Crippen LogP contribution in [0.1, 0.15) is 36.8 Å². The molecule has 3 rings (SSSR count). The highest BCUT2D eigenvalue weighted by Gasteiger charge is 2.14. The van der Waals surface area contributed by atoms with E-state index < -0.39 is 0 Å². The summed E-state index contributed by atoms with van der Waals surface area (Å²) in [6.45, 7) is 1.06. The molecule has 2 aromatic carbocycles. The fourth-order valence-electron chi connectivity index (χ4n) is 2.95. The molecule has 0 amide bonds. The molecular formula is C19H23ClFNO. The van der Waals surface area contributed by atoms with Gasteiger partial charge in [-0.15, -0.1) is 12.4 Å². The Balaban J connectivity index is 0.00000192. The van der Waals surface area contributed by atoms with Gasteiger partial charge in [0.2, 0.25) is 0 Å². The molecule has 1 aliphatic carbocycles. The van der Waals surface area contributed by atoms with E-state index in [1.165, 1.54) is 31.7 Å². The van der Waals surface area contributed by atoms with Gasteiger partial charge in [0.1, 0.15) is 18.2 Å². The van der Waals surface area contributed by atoms with E-state index in [1.807, 2.05) is 24.3 Å². The fourth-order valence-corrected chi connectivity index (χ4v) is 2.95. The summed E-state index contributed by atoms with van der Waals surface area (Å²) in [5.41, 5.74) is 1.71. The van der Waals surface area contributed by atoms with Gasteiger partial charge in [0, 0.05) is 23.7 Å². The molecule has 1 fully saturated rings. The molecule has 0 atom stereocenters. The van der Waals surface area contributed by atoms with Gasteiger partial charge in [0.05, 0.1) is 0 Å². The van der Waals surface area contributed by atoms with Crippen LogP contribution in [-0.2, 0) is 13.2 Å². The molecule has 4 heteroatoms. The van der Waals surface area contributed by atoms with Crippen LogP contribution in [0.25, 0.3) is 0 Å². The molecule has 1 N–H and O–H groups in total. The lowest BCUT2D eigenvalue weighted by Crippen LogP contribution is -2.25. The molecule has 2 aromatic rings. The predicted molar refractivity (Wildman–Crippen MR) is 93.5 cm³/mol. The summed E-state index contributed by atoms with van der Waals surface area (Å²) < 4.78 is 19.5. The zero-order valence-electron chi connectivity index (χ0n) is 13.1. The summed E-state index contributed by atoms with van der Waals surface area (Å²) in [7, 11) is 0. The smallest absolute Gasteiger partial charge is 0.129 e. The van der Waals surface area contributed by atoms with Crippen LogP contribution in [-0.4, -0.2) is 6.04 Å². The van der Waals surface area contributed by atoms with Crippen LogP contribution < -0.4 is 10.1 Å². The highest BCUT2D eigenvalue weighted by atomic mass is 35.5. The van der Waals surface area contributed by atoms with Gasteiger partial charge in [-0.3, -0.25) is 0 Å².